The number of nitrogens with one attached hydrogen (secondary N) is 1. The van der Waals surface area contributed by atoms with Crippen molar-refractivity contribution in [2.75, 3.05) is 0 Å². The number of benzene rings is 1. The van der Waals surface area contributed by atoms with Crippen molar-refractivity contribution in [2.45, 2.75) is 26.4 Å². The summed E-state index contributed by atoms with van der Waals surface area (Å²) in [6.07, 6.45) is 1.62. The van der Waals surface area contributed by atoms with Crippen LogP contribution in [0.5, 0.6) is 5.75 Å². The molecular weight excluding hydrogens is 250 g/mol. The molecule has 3 N–H and O–H groups in total. The minimum atomic E-state index is -0.0423. The van der Waals surface area contributed by atoms with Crippen LogP contribution < -0.4 is 10.5 Å². The van der Waals surface area contributed by atoms with E-state index >= 15 is 0 Å². The predicted molar refractivity (Wildman–Crippen MR) is 80.1 cm³/mol. The Morgan fingerprint density at radius 3 is 2.55 bits per heavy atom. The molecule has 1 aromatic carbocycles. The molecule has 0 aliphatic rings. The van der Waals surface area contributed by atoms with Gasteiger partial charge < -0.3 is 10.5 Å². The lowest BCUT2D eigenvalue weighted by Crippen LogP contribution is -2.16. The average Bonchev–Trinajstić information content (AvgIpc) is 2.45. The first-order valence-corrected chi connectivity index (χ1v) is 6.59. The molecule has 1 aromatic heterocycles. The number of nitrogens with two attached hydrogens (primary N) is 1. The SMILES string of the molecule is CC(C)c1ccc(OCc2cccnc2C(=N)N)cc1. The summed E-state index contributed by atoms with van der Waals surface area (Å²) in [4.78, 5) is 4.10. The van der Waals surface area contributed by atoms with Crippen molar-refractivity contribution in [2.24, 2.45) is 5.73 Å². The second kappa shape index (κ2) is 6.19. The third-order valence-electron chi connectivity index (χ3n) is 3.09. The van der Waals surface area contributed by atoms with E-state index < -0.39 is 0 Å². The van der Waals surface area contributed by atoms with Crippen molar-refractivity contribution in [1.29, 1.82) is 5.41 Å². The first kappa shape index (κ1) is 14.1. The van der Waals surface area contributed by atoms with Crippen LogP contribution in [0, 0.1) is 5.41 Å². The van der Waals surface area contributed by atoms with E-state index in [1.807, 2.05) is 24.3 Å². The summed E-state index contributed by atoms with van der Waals surface area (Å²) in [5.74, 6) is 1.26. The zero-order valence-electron chi connectivity index (χ0n) is 11.8. The van der Waals surface area contributed by atoms with Gasteiger partial charge in [0.25, 0.3) is 0 Å². The first-order chi connectivity index (χ1) is 9.58. The van der Waals surface area contributed by atoms with Crippen molar-refractivity contribution >= 4 is 5.84 Å². The van der Waals surface area contributed by atoms with E-state index in [2.05, 4.69) is 31.0 Å². The summed E-state index contributed by atoms with van der Waals surface area (Å²) in [6.45, 7) is 4.67. The highest BCUT2D eigenvalue weighted by Gasteiger charge is 2.07. The molecule has 104 valence electrons. The molecule has 0 atom stereocenters. The largest absolute Gasteiger partial charge is 0.489 e. The Kier molecular flexibility index (Phi) is 4.35. The summed E-state index contributed by atoms with van der Waals surface area (Å²) in [5, 5.41) is 7.49. The quantitative estimate of drug-likeness (QED) is 0.647. The lowest BCUT2D eigenvalue weighted by Gasteiger charge is -2.10. The van der Waals surface area contributed by atoms with Crippen LogP contribution in [0.15, 0.2) is 42.6 Å². The molecule has 0 radical (unpaired) electrons. The maximum Gasteiger partial charge on any atom is 0.142 e. The summed E-state index contributed by atoms with van der Waals surface area (Å²) < 4.78 is 5.73. The van der Waals surface area contributed by atoms with Crippen LogP contribution >= 0.6 is 0 Å². The smallest absolute Gasteiger partial charge is 0.142 e. The molecular formula is C16H19N3O. The third kappa shape index (κ3) is 3.35. The molecule has 0 unspecified atom stereocenters. The van der Waals surface area contributed by atoms with Crippen LogP contribution in [0.3, 0.4) is 0 Å². The van der Waals surface area contributed by atoms with Crippen molar-refractivity contribution < 1.29 is 4.74 Å². The van der Waals surface area contributed by atoms with Gasteiger partial charge in [-0.1, -0.05) is 32.0 Å². The Balaban J connectivity index is 2.07. The van der Waals surface area contributed by atoms with Crippen molar-refractivity contribution in [1.82, 2.24) is 4.98 Å². The number of nitrogens with zero attached hydrogens (tertiary/aromatic N) is 1. The summed E-state index contributed by atoms with van der Waals surface area (Å²) in [5.41, 5.74) is 8.07. The number of nitrogen functional groups attached to an aromatic ring is 1. The fraction of sp³-hybridized carbons (Fsp3) is 0.250. The zero-order chi connectivity index (χ0) is 14.5. The van der Waals surface area contributed by atoms with Gasteiger partial charge in [-0.05, 0) is 29.7 Å². The van der Waals surface area contributed by atoms with Crippen LogP contribution in [-0.4, -0.2) is 10.8 Å². The molecule has 0 saturated heterocycles. The molecule has 4 heteroatoms. The van der Waals surface area contributed by atoms with Crippen molar-refractivity contribution in [3.63, 3.8) is 0 Å². The molecule has 1 heterocycles. The molecule has 20 heavy (non-hydrogen) atoms. The number of hydrogen-bond donors (Lipinski definition) is 2. The van der Waals surface area contributed by atoms with E-state index in [1.54, 1.807) is 6.20 Å². The Morgan fingerprint density at radius 2 is 1.95 bits per heavy atom. The van der Waals surface area contributed by atoms with Gasteiger partial charge in [0.1, 0.15) is 23.9 Å². The molecule has 4 nitrogen and oxygen atoms in total. The van der Waals surface area contributed by atoms with Crippen LogP contribution in [0.1, 0.15) is 36.6 Å². The van der Waals surface area contributed by atoms with Crippen LogP contribution in [0.4, 0.5) is 0 Å². The summed E-state index contributed by atoms with van der Waals surface area (Å²) >= 11 is 0. The second-order valence-electron chi connectivity index (χ2n) is 4.94. The molecule has 2 rings (SSSR count). The molecule has 0 aliphatic heterocycles. The summed E-state index contributed by atoms with van der Waals surface area (Å²) in [6, 6.07) is 11.7. The van der Waals surface area contributed by atoms with Gasteiger partial charge in [-0.3, -0.25) is 10.4 Å². The van der Waals surface area contributed by atoms with Gasteiger partial charge in [0, 0.05) is 11.8 Å². The normalized spacial score (nSPS) is 10.6. The highest BCUT2D eigenvalue weighted by Crippen LogP contribution is 2.19. The van der Waals surface area contributed by atoms with E-state index in [1.165, 1.54) is 5.56 Å². The Morgan fingerprint density at radius 1 is 1.25 bits per heavy atom. The van der Waals surface area contributed by atoms with Crippen LogP contribution in [0.25, 0.3) is 0 Å². The standard InChI is InChI=1S/C16H19N3O/c1-11(2)12-5-7-14(8-6-12)20-10-13-4-3-9-19-15(13)16(17)18/h3-9,11H,10H2,1-2H3,(H3,17,18). The predicted octanol–water partition coefficient (Wildman–Crippen LogP) is 3.07. The van der Waals surface area contributed by atoms with E-state index in [0.717, 1.165) is 11.3 Å². The minimum Gasteiger partial charge on any atom is -0.489 e. The van der Waals surface area contributed by atoms with Gasteiger partial charge in [0.2, 0.25) is 0 Å². The van der Waals surface area contributed by atoms with Crippen LogP contribution in [0.2, 0.25) is 0 Å². The van der Waals surface area contributed by atoms with Gasteiger partial charge in [0.05, 0.1) is 0 Å². The minimum absolute atomic E-state index is 0.0423. The van der Waals surface area contributed by atoms with Crippen LogP contribution in [-0.2, 0) is 6.61 Å². The highest BCUT2D eigenvalue weighted by molar-refractivity contribution is 5.94. The number of amidine groups is 1. The van der Waals surface area contributed by atoms with Crippen molar-refractivity contribution in [3.05, 3.63) is 59.4 Å². The Hall–Kier alpha value is -2.36. The fourth-order valence-corrected chi connectivity index (χ4v) is 1.91. The second-order valence-corrected chi connectivity index (χ2v) is 4.94. The van der Waals surface area contributed by atoms with E-state index in [9.17, 15) is 0 Å². The molecule has 0 bridgehead atoms. The van der Waals surface area contributed by atoms with Gasteiger partial charge in [0.15, 0.2) is 0 Å². The monoisotopic (exact) mass is 269 g/mol. The molecule has 0 fully saturated rings. The average molecular weight is 269 g/mol. The highest BCUT2D eigenvalue weighted by atomic mass is 16.5. The topological polar surface area (TPSA) is 72.0 Å². The van der Waals surface area contributed by atoms with E-state index in [-0.39, 0.29) is 5.84 Å². The molecule has 0 aliphatic carbocycles. The van der Waals surface area contributed by atoms with Crippen molar-refractivity contribution in [3.8, 4) is 5.75 Å². The molecule has 0 saturated carbocycles. The van der Waals surface area contributed by atoms with Gasteiger partial charge in [-0.2, -0.15) is 0 Å². The number of hydrogen-bond acceptors (Lipinski definition) is 3. The first-order valence-electron chi connectivity index (χ1n) is 6.59. The Bertz CT molecular complexity index is 591. The molecule has 2 aromatic rings. The zero-order valence-corrected chi connectivity index (χ0v) is 11.8. The van der Waals surface area contributed by atoms with E-state index in [0.29, 0.717) is 18.2 Å². The fourth-order valence-electron chi connectivity index (χ4n) is 1.91. The van der Waals surface area contributed by atoms with Gasteiger partial charge in [-0.25, -0.2) is 0 Å². The summed E-state index contributed by atoms with van der Waals surface area (Å²) in [7, 11) is 0. The maximum absolute atomic E-state index is 7.49. The lowest BCUT2D eigenvalue weighted by atomic mass is 10.0. The molecule has 0 spiro atoms. The van der Waals surface area contributed by atoms with E-state index in [4.69, 9.17) is 15.9 Å². The number of ether oxygens (including phenoxy) is 1. The number of pyridine rings is 1. The van der Waals surface area contributed by atoms with Gasteiger partial charge in [-0.15, -0.1) is 0 Å². The third-order valence-corrected chi connectivity index (χ3v) is 3.09. The maximum atomic E-state index is 7.49. The number of aromatic nitrogens is 1. The lowest BCUT2D eigenvalue weighted by molar-refractivity contribution is 0.305. The van der Waals surface area contributed by atoms with Gasteiger partial charge >= 0.3 is 0 Å². The Labute approximate surface area is 119 Å². The number of rotatable bonds is 5. The molecule has 0 amide bonds.